The molecule has 0 saturated carbocycles. The molecule has 1 aromatic heterocycles. The number of carbonyl (C=O) groups is 1. The number of nitriles is 1. The Morgan fingerprint density at radius 2 is 2.04 bits per heavy atom. The van der Waals surface area contributed by atoms with Crippen LogP contribution in [0.15, 0.2) is 59.3 Å². The largest absolute Gasteiger partial charge is 0.444 e. The molecule has 27 heavy (non-hydrogen) atoms. The van der Waals surface area contributed by atoms with E-state index in [9.17, 15) is 10.1 Å². The third-order valence-corrected chi connectivity index (χ3v) is 4.90. The van der Waals surface area contributed by atoms with Crippen LogP contribution in [0.2, 0.25) is 0 Å². The summed E-state index contributed by atoms with van der Waals surface area (Å²) in [6, 6.07) is 11.6. The molecule has 0 fully saturated rings. The van der Waals surface area contributed by atoms with Crippen LogP contribution in [0.25, 0.3) is 5.69 Å². The van der Waals surface area contributed by atoms with Crippen molar-refractivity contribution in [2.24, 2.45) is 11.1 Å². The molecule has 136 valence electrons. The molecule has 7 nitrogen and oxygen atoms in total. The average Bonchev–Trinajstić information content (AvgIpc) is 3.10. The van der Waals surface area contributed by atoms with Crippen LogP contribution in [-0.2, 0) is 9.53 Å². The minimum Gasteiger partial charge on any atom is -0.444 e. The second-order valence-corrected chi connectivity index (χ2v) is 7.63. The smallest absolute Gasteiger partial charge is 0.205 e. The molecule has 0 saturated heterocycles. The first kappa shape index (κ1) is 17.0. The normalized spacial score (nSPS) is 21.5. The highest BCUT2D eigenvalue weighted by molar-refractivity contribution is 5.99. The van der Waals surface area contributed by atoms with Crippen molar-refractivity contribution in [1.82, 2.24) is 15.0 Å². The van der Waals surface area contributed by atoms with Crippen molar-refractivity contribution in [2.75, 3.05) is 0 Å². The molecule has 1 aromatic carbocycles. The monoisotopic (exact) mass is 361 g/mol. The lowest BCUT2D eigenvalue weighted by atomic mass is 9.71. The van der Waals surface area contributed by atoms with E-state index >= 15 is 0 Å². The van der Waals surface area contributed by atoms with E-state index in [4.69, 9.17) is 10.5 Å². The number of aromatic nitrogens is 3. The van der Waals surface area contributed by atoms with Gasteiger partial charge in [-0.1, -0.05) is 37.3 Å². The lowest BCUT2D eigenvalue weighted by Gasteiger charge is -2.36. The first-order chi connectivity index (χ1) is 12.9. The zero-order valence-electron chi connectivity index (χ0n) is 15.1. The lowest BCUT2D eigenvalue weighted by Crippen LogP contribution is -2.33. The zero-order valence-corrected chi connectivity index (χ0v) is 15.1. The minimum atomic E-state index is -0.653. The predicted octanol–water partition coefficient (Wildman–Crippen LogP) is 2.72. The minimum absolute atomic E-state index is 0.0287. The maximum absolute atomic E-state index is 12.9. The van der Waals surface area contributed by atoms with Crippen LogP contribution in [0.5, 0.6) is 0 Å². The highest BCUT2D eigenvalue weighted by atomic mass is 16.5. The van der Waals surface area contributed by atoms with Crippen molar-refractivity contribution in [3.8, 4) is 11.8 Å². The quantitative estimate of drug-likeness (QED) is 0.881. The summed E-state index contributed by atoms with van der Waals surface area (Å²) >= 11 is 0. The van der Waals surface area contributed by atoms with Crippen LogP contribution in [0.1, 0.15) is 38.3 Å². The van der Waals surface area contributed by atoms with Crippen molar-refractivity contribution in [3.63, 3.8) is 0 Å². The highest BCUT2D eigenvalue weighted by Gasteiger charge is 2.43. The average molecular weight is 361 g/mol. The number of Topliss-reactive ketones (excluding diaryl/α,β-unsaturated/α-hetero) is 1. The summed E-state index contributed by atoms with van der Waals surface area (Å²) in [5.41, 5.74) is 7.80. The number of benzene rings is 1. The summed E-state index contributed by atoms with van der Waals surface area (Å²) < 4.78 is 7.30. The molecule has 4 rings (SSSR count). The summed E-state index contributed by atoms with van der Waals surface area (Å²) in [4.78, 5) is 12.9. The molecule has 0 amide bonds. The first-order valence-electron chi connectivity index (χ1n) is 8.71. The Morgan fingerprint density at radius 1 is 1.30 bits per heavy atom. The van der Waals surface area contributed by atoms with E-state index in [1.807, 2.05) is 44.2 Å². The molecule has 2 aromatic rings. The van der Waals surface area contributed by atoms with E-state index < -0.39 is 5.92 Å². The second kappa shape index (κ2) is 6.09. The maximum Gasteiger partial charge on any atom is 0.205 e. The molecule has 2 aliphatic rings. The Balaban J connectivity index is 1.83. The summed E-state index contributed by atoms with van der Waals surface area (Å²) in [6.45, 7) is 4.02. The van der Waals surface area contributed by atoms with E-state index in [1.54, 1.807) is 10.9 Å². The summed E-state index contributed by atoms with van der Waals surface area (Å²) in [6.07, 6.45) is 2.70. The van der Waals surface area contributed by atoms with Crippen molar-refractivity contribution in [2.45, 2.75) is 32.6 Å². The maximum atomic E-state index is 12.9. The molecule has 1 aliphatic heterocycles. The molecule has 1 unspecified atom stereocenters. The third-order valence-electron chi connectivity index (χ3n) is 4.90. The van der Waals surface area contributed by atoms with Gasteiger partial charge in [-0.2, -0.15) is 5.26 Å². The number of ether oxygens (including phenoxy) is 1. The number of nitrogens with zero attached hydrogens (tertiary/aromatic N) is 4. The number of nitrogens with two attached hydrogens (primary N) is 1. The van der Waals surface area contributed by atoms with Gasteiger partial charge in [0.25, 0.3) is 0 Å². The number of rotatable bonds is 2. The second-order valence-electron chi connectivity index (χ2n) is 7.63. The SMILES string of the molecule is CC1(C)CC(=O)C2=C(C1)OC(N)=C(C#N)C2c1cn(-c2ccccc2)nn1. The van der Waals surface area contributed by atoms with Crippen LogP contribution in [0.3, 0.4) is 0 Å². The van der Waals surface area contributed by atoms with Crippen LogP contribution in [0.4, 0.5) is 0 Å². The van der Waals surface area contributed by atoms with Gasteiger partial charge in [-0.3, -0.25) is 4.79 Å². The van der Waals surface area contributed by atoms with Gasteiger partial charge in [0.1, 0.15) is 17.4 Å². The highest BCUT2D eigenvalue weighted by Crippen LogP contribution is 2.47. The molecule has 0 spiro atoms. The number of carbonyl (C=O) groups excluding carboxylic acids is 1. The van der Waals surface area contributed by atoms with Gasteiger partial charge in [0, 0.05) is 18.4 Å². The molecule has 2 heterocycles. The van der Waals surface area contributed by atoms with Gasteiger partial charge in [0.2, 0.25) is 5.88 Å². The number of ketones is 1. The summed E-state index contributed by atoms with van der Waals surface area (Å²) in [5, 5.41) is 18.0. The molecular formula is C20H19N5O2. The third kappa shape index (κ3) is 2.89. The van der Waals surface area contributed by atoms with Crippen molar-refractivity contribution in [1.29, 1.82) is 5.26 Å². The van der Waals surface area contributed by atoms with Gasteiger partial charge in [-0.15, -0.1) is 5.10 Å². The summed E-state index contributed by atoms with van der Waals surface area (Å²) in [7, 11) is 0. The molecule has 2 N–H and O–H groups in total. The summed E-state index contributed by atoms with van der Waals surface area (Å²) in [5.74, 6) is -0.131. The van der Waals surface area contributed by atoms with Crippen molar-refractivity contribution < 1.29 is 9.53 Å². The van der Waals surface area contributed by atoms with Gasteiger partial charge in [-0.25, -0.2) is 4.68 Å². The Bertz CT molecular complexity index is 1020. The Labute approximate surface area is 156 Å². The van der Waals surface area contributed by atoms with E-state index in [1.165, 1.54) is 0 Å². The molecular weight excluding hydrogens is 342 g/mol. The van der Waals surface area contributed by atoms with Crippen LogP contribution < -0.4 is 5.73 Å². The number of hydrogen-bond donors (Lipinski definition) is 1. The first-order valence-corrected chi connectivity index (χ1v) is 8.71. The Morgan fingerprint density at radius 3 is 2.74 bits per heavy atom. The molecule has 1 aliphatic carbocycles. The Kier molecular flexibility index (Phi) is 3.84. The molecule has 7 heteroatoms. The Hall–Kier alpha value is -3.40. The number of para-hydroxylation sites is 1. The zero-order chi connectivity index (χ0) is 19.2. The van der Waals surface area contributed by atoms with Crippen molar-refractivity contribution in [3.05, 3.63) is 65.0 Å². The topological polar surface area (TPSA) is 107 Å². The fraction of sp³-hybridized carbons (Fsp3) is 0.300. The molecule has 1 atom stereocenters. The van der Waals surface area contributed by atoms with Gasteiger partial charge >= 0.3 is 0 Å². The fourth-order valence-corrected chi connectivity index (χ4v) is 3.70. The lowest BCUT2D eigenvalue weighted by molar-refractivity contribution is -0.119. The standard InChI is InChI=1S/C20H19N5O2/c1-20(2)8-15(26)18-16(9-20)27-19(22)13(10-21)17(18)14-11-25(24-23-14)12-6-4-3-5-7-12/h3-7,11,17H,8-9,22H2,1-2H3. The van der Waals surface area contributed by atoms with Gasteiger partial charge < -0.3 is 10.5 Å². The van der Waals surface area contributed by atoms with Crippen LogP contribution in [0, 0.1) is 16.7 Å². The molecule has 0 bridgehead atoms. The number of hydrogen-bond acceptors (Lipinski definition) is 6. The van der Waals surface area contributed by atoms with Gasteiger partial charge in [0.15, 0.2) is 5.78 Å². The number of allylic oxidation sites excluding steroid dienone is 3. The fourth-order valence-electron chi connectivity index (χ4n) is 3.70. The van der Waals surface area contributed by atoms with E-state index in [2.05, 4.69) is 16.4 Å². The van der Waals surface area contributed by atoms with E-state index in [0.29, 0.717) is 29.9 Å². The molecule has 0 radical (unpaired) electrons. The van der Waals surface area contributed by atoms with Crippen LogP contribution >= 0.6 is 0 Å². The van der Waals surface area contributed by atoms with Gasteiger partial charge in [0.05, 0.1) is 23.5 Å². The van der Waals surface area contributed by atoms with Crippen molar-refractivity contribution >= 4 is 5.78 Å². The van der Waals surface area contributed by atoms with Gasteiger partial charge in [-0.05, 0) is 17.5 Å². The van der Waals surface area contributed by atoms with E-state index in [-0.39, 0.29) is 22.7 Å². The van der Waals surface area contributed by atoms with Crippen LogP contribution in [-0.4, -0.2) is 20.8 Å². The predicted molar refractivity (Wildman–Crippen MR) is 97.1 cm³/mol. The van der Waals surface area contributed by atoms with E-state index in [0.717, 1.165) is 5.69 Å².